The third-order valence-electron chi connectivity index (χ3n) is 4.03. The number of primary amides is 1. The summed E-state index contributed by atoms with van der Waals surface area (Å²) in [7, 11) is 0. The van der Waals surface area contributed by atoms with Gasteiger partial charge in [0.05, 0.1) is 5.92 Å². The van der Waals surface area contributed by atoms with Gasteiger partial charge in [0, 0.05) is 18.7 Å². The van der Waals surface area contributed by atoms with E-state index in [1.165, 1.54) is 0 Å². The number of carbonyl (C=O) groups is 3. The molecule has 1 atom stereocenters. The molecular formula is C19H26N2O5. The Hall–Kier alpha value is -2.57. The van der Waals surface area contributed by atoms with Gasteiger partial charge in [0.2, 0.25) is 5.91 Å². The average molecular weight is 362 g/mol. The van der Waals surface area contributed by atoms with Gasteiger partial charge in [0.15, 0.2) is 0 Å². The van der Waals surface area contributed by atoms with Crippen molar-refractivity contribution < 1.29 is 23.9 Å². The van der Waals surface area contributed by atoms with Gasteiger partial charge in [-0.05, 0) is 51.3 Å². The van der Waals surface area contributed by atoms with Crippen LogP contribution in [0.5, 0.6) is 0 Å². The number of amides is 2. The lowest BCUT2D eigenvalue weighted by atomic mass is 9.98. The fourth-order valence-corrected chi connectivity index (χ4v) is 2.70. The lowest BCUT2D eigenvalue weighted by Crippen LogP contribution is -2.45. The molecule has 0 aromatic heterocycles. The smallest absolute Gasteiger partial charge is 0.410 e. The van der Waals surface area contributed by atoms with E-state index in [1.807, 2.05) is 20.8 Å². The van der Waals surface area contributed by atoms with Crippen molar-refractivity contribution >= 4 is 18.0 Å². The molecule has 0 bridgehead atoms. The average Bonchev–Trinajstić information content (AvgIpc) is 2.58. The Kier molecular flexibility index (Phi) is 6.23. The summed E-state index contributed by atoms with van der Waals surface area (Å²) in [4.78, 5) is 37.1. The number of ether oxygens (including phenoxy) is 2. The normalized spacial score (nSPS) is 17.5. The van der Waals surface area contributed by atoms with Crippen LogP contribution < -0.4 is 5.73 Å². The summed E-state index contributed by atoms with van der Waals surface area (Å²) < 4.78 is 10.7. The summed E-state index contributed by atoms with van der Waals surface area (Å²) in [6.45, 7) is 6.42. The summed E-state index contributed by atoms with van der Waals surface area (Å²) >= 11 is 0. The van der Waals surface area contributed by atoms with Gasteiger partial charge in [0.25, 0.3) is 0 Å². The number of hydrogen-bond acceptors (Lipinski definition) is 5. The van der Waals surface area contributed by atoms with Crippen LogP contribution in [-0.2, 0) is 20.9 Å². The molecule has 1 saturated heterocycles. The summed E-state index contributed by atoms with van der Waals surface area (Å²) in [6, 6.07) is 6.58. The van der Waals surface area contributed by atoms with Crippen LogP contribution in [0.25, 0.3) is 0 Å². The first-order valence-electron chi connectivity index (χ1n) is 8.69. The SMILES string of the molecule is CC(C)(C)OC(=O)N1CCCC(C(=O)OCc2ccc(C(N)=O)cc2)C1. The molecule has 2 N–H and O–H groups in total. The van der Waals surface area contributed by atoms with Crippen LogP contribution in [-0.4, -0.2) is 41.6 Å². The molecule has 142 valence electrons. The van der Waals surface area contributed by atoms with E-state index in [-0.39, 0.29) is 18.5 Å². The molecule has 26 heavy (non-hydrogen) atoms. The second kappa shape index (κ2) is 8.21. The predicted octanol–water partition coefficient (Wildman–Crippen LogP) is 2.48. The number of nitrogens with zero attached hydrogens (tertiary/aromatic N) is 1. The number of hydrogen-bond donors (Lipinski definition) is 1. The molecule has 1 fully saturated rings. The fraction of sp³-hybridized carbons (Fsp3) is 0.526. The van der Waals surface area contributed by atoms with E-state index in [0.29, 0.717) is 25.1 Å². The van der Waals surface area contributed by atoms with Gasteiger partial charge < -0.3 is 20.1 Å². The van der Waals surface area contributed by atoms with Gasteiger partial charge in [-0.3, -0.25) is 9.59 Å². The molecule has 0 spiro atoms. The van der Waals surface area contributed by atoms with Crippen molar-refractivity contribution in [1.82, 2.24) is 4.90 Å². The topological polar surface area (TPSA) is 98.9 Å². The van der Waals surface area contributed by atoms with Crippen LogP contribution in [0.2, 0.25) is 0 Å². The lowest BCUT2D eigenvalue weighted by molar-refractivity contribution is -0.151. The van der Waals surface area contributed by atoms with Crippen LogP contribution in [0.4, 0.5) is 4.79 Å². The summed E-state index contributed by atoms with van der Waals surface area (Å²) in [5.74, 6) is -1.20. The summed E-state index contributed by atoms with van der Waals surface area (Å²) in [5, 5.41) is 0. The van der Waals surface area contributed by atoms with E-state index in [0.717, 1.165) is 12.0 Å². The highest BCUT2D eigenvalue weighted by atomic mass is 16.6. The minimum atomic E-state index is -0.568. The Morgan fingerprint density at radius 1 is 1.19 bits per heavy atom. The molecule has 0 saturated carbocycles. The molecule has 1 aromatic carbocycles. The minimum absolute atomic E-state index is 0.112. The molecule has 1 aliphatic heterocycles. The van der Waals surface area contributed by atoms with E-state index in [1.54, 1.807) is 29.2 Å². The molecule has 1 aliphatic rings. The van der Waals surface area contributed by atoms with Crippen molar-refractivity contribution in [3.63, 3.8) is 0 Å². The van der Waals surface area contributed by atoms with E-state index < -0.39 is 17.6 Å². The lowest BCUT2D eigenvalue weighted by Gasteiger charge is -2.33. The molecule has 0 aliphatic carbocycles. The predicted molar refractivity (Wildman–Crippen MR) is 95.3 cm³/mol. The molecule has 1 heterocycles. The molecule has 1 unspecified atom stereocenters. The number of esters is 1. The summed E-state index contributed by atoms with van der Waals surface area (Å²) in [5.41, 5.74) is 5.79. The van der Waals surface area contributed by atoms with Gasteiger partial charge in [-0.25, -0.2) is 4.79 Å². The Balaban J connectivity index is 1.86. The van der Waals surface area contributed by atoms with Crippen molar-refractivity contribution in [3.05, 3.63) is 35.4 Å². The highest BCUT2D eigenvalue weighted by Crippen LogP contribution is 2.21. The zero-order valence-corrected chi connectivity index (χ0v) is 15.5. The van der Waals surface area contributed by atoms with Crippen molar-refractivity contribution in [2.75, 3.05) is 13.1 Å². The van der Waals surface area contributed by atoms with Gasteiger partial charge in [-0.15, -0.1) is 0 Å². The first kappa shape index (κ1) is 19.8. The van der Waals surface area contributed by atoms with Crippen LogP contribution in [0.15, 0.2) is 24.3 Å². The number of rotatable bonds is 4. The van der Waals surface area contributed by atoms with Gasteiger partial charge in [-0.1, -0.05) is 12.1 Å². The van der Waals surface area contributed by atoms with E-state index >= 15 is 0 Å². The van der Waals surface area contributed by atoms with E-state index in [9.17, 15) is 14.4 Å². The number of likely N-dealkylation sites (tertiary alicyclic amines) is 1. The Morgan fingerprint density at radius 3 is 2.42 bits per heavy atom. The minimum Gasteiger partial charge on any atom is -0.461 e. The molecule has 2 amide bonds. The van der Waals surface area contributed by atoms with E-state index in [4.69, 9.17) is 15.2 Å². The Bertz CT molecular complexity index is 664. The number of benzene rings is 1. The van der Waals surface area contributed by atoms with Crippen LogP contribution in [0.3, 0.4) is 0 Å². The monoisotopic (exact) mass is 362 g/mol. The van der Waals surface area contributed by atoms with Gasteiger partial charge in [0.1, 0.15) is 12.2 Å². The van der Waals surface area contributed by atoms with Gasteiger partial charge in [-0.2, -0.15) is 0 Å². The first-order chi connectivity index (χ1) is 12.2. The zero-order valence-electron chi connectivity index (χ0n) is 15.5. The van der Waals surface area contributed by atoms with E-state index in [2.05, 4.69) is 0 Å². The third kappa shape index (κ3) is 5.75. The second-order valence-electron chi connectivity index (χ2n) is 7.43. The van der Waals surface area contributed by atoms with Crippen LogP contribution >= 0.6 is 0 Å². The van der Waals surface area contributed by atoms with Crippen molar-refractivity contribution in [2.45, 2.75) is 45.8 Å². The van der Waals surface area contributed by atoms with Crippen LogP contribution in [0.1, 0.15) is 49.5 Å². The molecule has 2 rings (SSSR count). The van der Waals surface area contributed by atoms with Crippen LogP contribution in [0, 0.1) is 5.92 Å². The molecule has 7 heteroatoms. The van der Waals surface area contributed by atoms with Crippen molar-refractivity contribution in [2.24, 2.45) is 11.7 Å². The standard InChI is InChI=1S/C19H26N2O5/c1-19(2,3)26-18(24)21-10-4-5-15(11-21)17(23)25-12-13-6-8-14(9-7-13)16(20)22/h6-9,15H,4-5,10-12H2,1-3H3,(H2,20,22). The molecular weight excluding hydrogens is 336 g/mol. The van der Waals surface area contributed by atoms with Gasteiger partial charge >= 0.3 is 12.1 Å². The molecule has 1 aromatic rings. The second-order valence-corrected chi connectivity index (χ2v) is 7.43. The number of carbonyl (C=O) groups excluding carboxylic acids is 3. The number of piperidine rings is 1. The third-order valence-corrected chi connectivity index (χ3v) is 4.03. The largest absolute Gasteiger partial charge is 0.461 e. The van der Waals surface area contributed by atoms with Crippen molar-refractivity contribution in [1.29, 1.82) is 0 Å². The fourth-order valence-electron chi connectivity index (χ4n) is 2.70. The molecule has 0 radical (unpaired) electrons. The Morgan fingerprint density at radius 2 is 1.85 bits per heavy atom. The quantitative estimate of drug-likeness (QED) is 0.830. The molecule has 7 nitrogen and oxygen atoms in total. The first-order valence-corrected chi connectivity index (χ1v) is 8.69. The zero-order chi connectivity index (χ0) is 19.3. The van der Waals surface area contributed by atoms with Crippen molar-refractivity contribution in [3.8, 4) is 0 Å². The maximum Gasteiger partial charge on any atom is 0.410 e. The highest BCUT2D eigenvalue weighted by Gasteiger charge is 2.31. The summed E-state index contributed by atoms with van der Waals surface area (Å²) in [6.07, 6.45) is 1.00. The Labute approximate surface area is 153 Å². The number of nitrogens with two attached hydrogens (primary N) is 1. The maximum atomic E-state index is 12.3. The maximum absolute atomic E-state index is 12.3. The highest BCUT2D eigenvalue weighted by molar-refractivity contribution is 5.92.